The fourth-order valence-corrected chi connectivity index (χ4v) is 2.53. The Morgan fingerprint density at radius 2 is 2.32 bits per heavy atom. The second kappa shape index (κ2) is 5.47. The molecule has 104 valence electrons. The van der Waals surface area contributed by atoms with Gasteiger partial charge in [0.05, 0.1) is 18.4 Å². The third-order valence-corrected chi connectivity index (χ3v) is 3.84. The molecule has 1 aromatic heterocycles. The van der Waals surface area contributed by atoms with E-state index in [1.165, 1.54) is 7.11 Å². The van der Waals surface area contributed by atoms with Gasteiger partial charge in [-0.15, -0.1) is 0 Å². The number of esters is 1. The molecule has 2 rings (SSSR count). The number of pyridine rings is 1. The minimum absolute atomic E-state index is 0.389. The Kier molecular flexibility index (Phi) is 3.93. The van der Waals surface area contributed by atoms with Crippen molar-refractivity contribution in [2.75, 3.05) is 30.8 Å². The average molecular weight is 263 g/mol. The summed E-state index contributed by atoms with van der Waals surface area (Å²) in [5, 5.41) is 0. The van der Waals surface area contributed by atoms with Crippen LogP contribution in [0.2, 0.25) is 0 Å². The molecule has 1 atom stereocenters. The molecule has 0 bridgehead atoms. The van der Waals surface area contributed by atoms with Gasteiger partial charge in [0, 0.05) is 19.3 Å². The molecule has 1 aliphatic heterocycles. The molecule has 1 saturated heterocycles. The number of ether oxygens (including phenoxy) is 1. The van der Waals surface area contributed by atoms with Gasteiger partial charge in [0.1, 0.15) is 0 Å². The Labute approximate surface area is 113 Å². The first-order valence-corrected chi connectivity index (χ1v) is 6.62. The highest BCUT2D eigenvalue weighted by Gasteiger charge is 2.28. The van der Waals surface area contributed by atoms with Crippen molar-refractivity contribution in [2.45, 2.75) is 20.3 Å². The van der Waals surface area contributed by atoms with Crippen LogP contribution in [0.1, 0.15) is 30.6 Å². The van der Waals surface area contributed by atoms with Crippen molar-refractivity contribution in [3.63, 3.8) is 0 Å². The van der Waals surface area contributed by atoms with Crippen LogP contribution < -0.4 is 10.6 Å². The van der Waals surface area contributed by atoms with Gasteiger partial charge < -0.3 is 15.4 Å². The zero-order chi connectivity index (χ0) is 14.0. The molecular weight excluding hydrogens is 242 g/mol. The Bertz CT molecular complexity index is 474. The lowest BCUT2D eigenvalue weighted by Gasteiger charge is -2.21. The zero-order valence-corrected chi connectivity index (χ0v) is 11.7. The molecule has 0 radical (unpaired) electrons. The second-order valence-electron chi connectivity index (χ2n) is 5.33. The van der Waals surface area contributed by atoms with Crippen LogP contribution in [0, 0.1) is 11.8 Å². The second-order valence-corrected chi connectivity index (χ2v) is 5.33. The standard InChI is InChI=1S/C14H21N3O2/c1-9(2)10-5-7-17(8-10)13-12(15)11(4-6-16-13)14(18)19-3/h4,6,9-10H,5,7-8,15H2,1-3H3. The summed E-state index contributed by atoms with van der Waals surface area (Å²) in [6.07, 6.45) is 2.75. The van der Waals surface area contributed by atoms with Crippen molar-refractivity contribution in [1.82, 2.24) is 4.98 Å². The first-order chi connectivity index (χ1) is 9.04. The topological polar surface area (TPSA) is 68.5 Å². The number of nitrogens with zero attached hydrogens (tertiary/aromatic N) is 2. The largest absolute Gasteiger partial charge is 0.465 e. The van der Waals surface area contributed by atoms with Crippen molar-refractivity contribution < 1.29 is 9.53 Å². The molecule has 1 aliphatic rings. The lowest BCUT2D eigenvalue weighted by Crippen LogP contribution is -2.24. The minimum atomic E-state index is -0.416. The quantitative estimate of drug-likeness (QED) is 0.844. The van der Waals surface area contributed by atoms with Crippen LogP contribution in [0.5, 0.6) is 0 Å². The summed E-state index contributed by atoms with van der Waals surface area (Å²) < 4.78 is 4.73. The van der Waals surface area contributed by atoms with Crippen LogP contribution >= 0.6 is 0 Å². The number of rotatable bonds is 3. The highest BCUT2D eigenvalue weighted by Crippen LogP contribution is 2.31. The van der Waals surface area contributed by atoms with Crippen LogP contribution in [-0.4, -0.2) is 31.2 Å². The smallest absolute Gasteiger partial charge is 0.340 e. The van der Waals surface area contributed by atoms with E-state index in [2.05, 4.69) is 23.7 Å². The SMILES string of the molecule is COC(=O)c1ccnc(N2CCC(C(C)C)C2)c1N. The van der Waals surface area contributed by atoms with Gasteiger partial charge >= 0.3 is 5.97 Å². The summed E-state index contributed by atoms with van der Waals surface area (Å²) in [5.41, 5.74) is 6.86. The summed E-state index contributed by atoms with van der Waals surface area (Å²) in [6.45, 7) is 6.34. The van der Waals surface area contributed by atoms with E-state index in [1.807, 2.05) is 0 Å². The Morgan fingerprint density at radius 3 is 2.89 bits per heavy atom. The van der Waals surface area contributed by atoms with Crippen LogP contribution in [0.3, 0.4) is 0 Å². The highest BCUT2D eigenvalue weighted by atomic mass is 16.5. The van der Waals surface area contributed by atoms with E-state index in [9.17, 15) is 4.79 Å². The van der Waals surface area contributed by atoms with Crippen LogP contribution in [-0.2, 0) is 4.74 Å². The van der Waals surface area contributed by atoms with Gasteiger partial charge in [-0.2, -0.15) is 0 Å². The van der Waals surface area contributed by atoms with Gasteiger partial charge in [0.2, 0.25) is 0 Å². The number of methoxy groups -OCH3 is 1. The number of carbonyl (C=O) groups is 1. The Morgan fingerprint density at radius 1 is 1.58 bits per heavy atom. The van der Waals surface area contributed by atoms with Crippen molar-refractivity contribution in [1.29, 1.82) is 0 Å². The summed E-state index contributed by atoms with van der Waals surface area (Å²) in [5.74, 6) is 1.59. The maximum atomic E-state index is 11.6. The number of nitrogens with two attached hydrogens (primary N) is 1. The lowest BCUT2D eigenvalue weighted by molar-refractivity contribution is 0.0602. The molecule has 1 aromatic rings. The first kappa shape index (κ1) is 13.6. The van der Waals surface area contributed by atoms with Crippen LogP contribution in [0.25, 0.3) is 0 Å². The summed E-state index contributed by atoms with van der Waals surface area (Å²) >= 11 is 0. The molecule has 1 unspecified atom stereocenters. The van der Waals surface area contributed by atoms with E-state index < -0.39 is 5.97 Å². The van der Waals surface area contributed by atoms with E-state index in [0.717, 1.165) is 19.5 Å². The average Bonchev–Trinajstić information content (AvgIpc) is 2.87. The molecule has 2 N–H and O–H groups in total. The van der Waals surface area contributed by atoms with Gasteiger partial charge in [-0.3, -0.25) is 0 Å². The third-order valence-electron chi connectivity index (χ3n) is 3.84. The van der Waals surface area contributed by atoms with E-state index in [4.69, 9.17) is 10.5 Å². The third kappa shape index (κ3) is 2.64. The van der Waals surface area contributed by atoms with Gasteiger partial charge in [0.25, 0.3) is 0 Å². The fraction of sp³-hybridized carbons (Fsp3) is 0.571. The number of hydrogen-bond acceptors (Lipinski definition) is 5. The number of aromatic nitrogens is 1. The molecule has 19 heavy (non-hydrogen) atoms. The van der Waals surface area contributed by atoms with Gasteiger partial charge in [-0.25, -0.2) is 9.78 Å². The van der Waals surface area contributed by atoms with Crippen LogP contribution in [0.15, 0.2) is 12.3 Å². The molecular formula is C14H21N3O2. The molecule has 0 aromatic carbocycles. The molecule has 5 heteroatoms. The molecule has 0 amide bonds. The van der Waals surface area contributed by atoms with Gasteiger partial charge in [0.15, 0.2) is 5.82 Å². The van der Waals surface area contributed by atoms with Crippen LogP contribution in [0.4, 0.5) is 11.5 Å². The summed E-state index contributed by atoms with van der Waals surface area (Å²) in [4.78, 5) is 18.1. The monoisotopic (exact) mass is 263 g/mol. The zero-order valence-electron chi connectivity index (χ0n) is 11.7. The van der Waals surface area contributed by atoms with Crippen molar-refractivity contribution in [2.24, 2.45) is 11.8 Å². The van der Waals surface area contributed by atoms with E-state index >= 15 is 0 Å². The Balaban J connectivity index is 2.24. The van der Waals surface area contributed by atoms with Gasteiger partial charge in [-0.1, -0.05) is 13.8 Å². The fourth-order valence-electron chi connectivity index (χ4n) is 2.53. The molecule has 2 heterocycles. The lowest BCUT2D eigenvalue weighted by atomic mass is 9.95. The summed E-state index contributed by atoms with van der Waals surface area (Å²) in [7, 11) is 1.35. The van der Waals surface area contributed by atoms with Crippen molar-refractivity contribution >= 4 is 17.5 Å². The number of hydrogen-bond donors (Lipinski definition) is 1. The Hall–Kier alpha value is -1.78. The maximum Gasteiger partial charge on any atom is 0.340 e. The van der Waals surface area contributed by atoms with Gasteiger partial charge in [-0.05, 0) is 24.3 Å². The molecule has 0 spiro atoms. The van der Waals surface area contributed by atoms with Crippen molar-refractivity contribution in [3.8, 4) is 0 Å². The molecule has 5 nitrogen and oxygen atoms in total. The molecule has 1 fully saturated rings. The predicted molar refractivity (Wildman–Crippen MR) is 75.1 cm³/mol. The van der Waals surface area contributed by atoms with Crippen molar-refractivity contribution in [3.05, 3.63) is 17.8 Å². The number of carbonyl (C=O) groups excluding carboxylic acids is 1. The maximum absolute atomic E-state index is 11.6. The minimum Gasteiger partial charge on any atom is -0.465 e. The highest BCUT2D eigenvalue weighted by molar-refractivity contribution is 5.97. The molecule has 0 aliphatic carbocycles. The molecule has 0 saturated carbocycles. The predicted octanol–water partition coefficient (Wildman–Crippen LogP) is 1.93. The first-order valence-electron chi connectivity index (χ1n) is 6.62. The van der Waals surface area contributed by atoms with E-state index in [1.54, 1.807) is 12.3 Å². The number of anilines is 2. The summed E-state index contributed by atoms with van der Waals surface area (Å²) in [6, 6.07) is 1.60. The van der Waals surface area contributed by atoms with E-state index in [0.29, 0.717) is 28.9 Å². The number of nitrogen functional groups attached to an aromatic ring is 1. The van der Waals surface area contributed by atoms with E-state index in [-0.39, 0.29) is 0 Å². The normalized spacial score (nSPS) is 18.9.